The first-order valence-corrected chi connectivity index (χ1v) is 6.06. The van der Waals surface area contributed by atoms with Crippen LogP contribution in [0.25, 0.3) is 0 Å². The SMILES string of the molecule is Cc1nnsc1CN(C)CCNC(C)C. The second kappa shape index (κ2) is 6.15. The van der Waals surface area contributed by atoms with Gasteiger partial charge in [0.05, 0.1) is 10.6 Å². The van der Waals surface area contributed by atoms with Crippen LogP contribution in [0, 0.1) is 6.92 Å². The maximum Gasteiger partial charge on any atom is 0.0769 e. The summed E-state index contributed by atoms with van der Waals surface area (Å²) in [7, 11) is 2.13. The second-order valence-corrected chi connectivity index (χ2v) is 4.97. The van der Waals surface area contributed by atoms with E-state index in [2.05, 4.69) is 40.7 Å². The summed E-state index contributed by atoms with van der Waals surface area (Å²) in [5.41, 5.74) is 1.06. The molecule has 86 valence electrons. The highest BCUT2D eigenvalue weighted by Crippen LogP contribution is 2.10. The molecule has 0 atom stereocenters. The quantitative estimate of drug-likeness (QED) is 0.796. The lowest BCUT2D eigenvalue weighted by Crippen LogP contribution is -2.32. The molecule has 1 N–H and O–H groups in total. The van der Waals surface area contributed by atoms with Crippen LogP contribution < -0.4 is 5.32 Å². The van der Waals surface area contributed by atoms with Crippen molar-refractivity contribution < 1.29 is 0 Å². The third-order valence-corrected chi connectivity index (χ3v) is 3.01. The molecule has 5 heteroatoms. The summed E-state index contributed by atoms with van der Waals surface area (Å²) in [5.74, 6) is 0. The molecule has 1 aromatic rings. The van der Waals surface area contributed by atoms with Gasteiger partial charge in [0.2, 0.25) is 0 Å². The largest absolute Gasteiger partial charge is 0.313 e. The van der Waals surface area contributed by atoms with Crippen LogP contribution in [0.1, 0.15) is 24.4 Å². The average molecular weight is 228 g/mol. The van der Waals surface area contributed by atoms with Gasteiger partial charge in [-0.05, 0) is 25.5 Å². The van der Waals surface area contributed by atoms with Crippen LogP contribution >= 0.6 is 11.5 Å². The Bertz CT molecular complexity index is 285. The molecule has 0 fully saturated rings. The predicted molar refractivity (Wildman–Crippen MR) is 64.1 cm³/mol. The number of hydrogen-bond acceptors (Lipinski definition) is 5. The van der Waals surface area contributed by atoms with Gasteiger partial charge < -0.3 is 5.32 Å². The zero-order valence-corrected chi connectivity index (χ0v) is 10.8. The highest BCUT2D eigenvalue weighted by Gasteiger charge is 2.06. The molecule has 1 heterocycles. The Kier molecular flexibility index (Phi) is 5.14. The molecule has 0 aliphatic rings. The average Bonchev–Trinajstić information content (AvgIpc) is 2.51. The lowest BCUT2D eigenvalue weighted by molar-refractivity contribution is 0.322. The first kappa shape index (κ1) is 12.5. The number of nitrogens with zero attached hydrogens (tertiary/aromatic N) is 3. The lowest BCUT2D eigenvalue weighted by atomic mass is 10.3. The molecule has 0 spiro atoms. The fourth-order valence-corrected chi connectivity index (χ4v) is 1.98. The third kappa shape index (κ3) is 4.68. The van der Waals surface area contributed by atoms with Crippen molar-refractivity contribution in [2.24, 2.45) is 0 Å². The maximum absolute atomic E-state index is 4.00. The molecule has 1 aromatic heterocycles. The Labute approximate surface area is 95.8 Å². The standard InChI is InChI=1S/C10H20N4S/c1-8(2)11-5-6-14(4)7-10-9(3)12-13-15-10/h8,11H,5-7H2,1-4H3. The van der Waals surface area contributed by atoms with Crippen molar-refractivity contribution >= 4 is 11.5 Å². The minimum atomic E-state index is 0.560. The summed E-state index contributed by atoms with van der Waals surface area (Å²) in [6.45, 7) is 9.37. The van der Waals surface area contributed by atoms with Crippen molar-refractivity contribution in [2.45, 2.75) is 33.4 Å². The lowest BCUT2D eigenvalue weighted by Gasteiger charge is -2.17. The summed E-state index contributed by atoms with van der Waals surface area (Å²) in [5, 5.41) is 7.41. The number of aryl methyl sites for hydroxylation is 1. The van der Waals surface area contributed by atoms with Gasteiger partial charge in [-0.15, -0.1) is 5.10 Å². The molecular formula is C10H20N4S. The monoisotopic (exact) mass is 228 g/mol. The van der Waals surface area contributed by atoms with E-state index in [9.17, 15) is 0 Å². The number of aromatic nitrogens is 2. The van der Waals surface area contributed by atoms with Gasteiger partial charge in [0.25, 0.3) is 0 Å². The van der Waals surface area contributed by atoms with E-state index in [0.29, 0.717) is 6.04 Å². The topological polar surface area (TPSA) is 41.1 Å². The Morgan fingerprint density at radius 1 is 1.47 bits per heavy atom. The summed E-state index contributed by atoms with van der Waals surface area (Å²) >= 11 is 1.49. The van der Waals surface area contributed by atoms with Crippen molar-refractivity contribution in [1.82, 2.24) is 19.8 Å². The Balaban J connectivity index is 2.24. The summed E-state index contributed by atoms with van der Waals surface area (Å²) in [4.78, 5) is 3.56. The normalized spacial score (nSPS) is 11.6. The zero-order chi connectivity index (χ0) is 11.3. The van der Waals surface area contributed by atoms with E-state index in [1.807, 2.05) is 6.92 Å². The molecule has 1 rings (SSSR count). The van der Waals surface area contributed by atoms with Gasteiger partial charge in [0, 0.05) is 25.7 Å². The van der Waals surface area contributed by atoms with Gasteiger partial charge in [0.15, 0.2) is 0 Å². The predicted octanol–water partition coefficient (Wildman–Crippen LogP) is 1.28. The summed E-state index contributed by atoms with van der Waals surface area (Å²) < 4.78 is 3.93. The van der Waals surface area contributed by atoms with Gasteiger partial charge in [0.1, 0.15) is 0 Å². The van der Waals surface area contributed by atoms with E-state index in [0.717, 1.165) is 25.3 Å². The molecule has 0 aliphatic carbocycles. The summed E-state index contributed by atoms with van der Waals surface area (Å²) in [6.07, 6.45) is 0. The molecule has 0 amide bonds. The van der Waals surface area contributed by atoms with E-state index in [4.69, 9.17) is 0 Å². The van der Waals surface area contributed by atoms with Crippen molar-refractivity contribution in [2.75, 3.05) is 20.1 Å². The molecule has 0 bridgehead atoms. The molecule has 0 saturated carbocycles. The molecule has 0 radical (unpaired) electrons. The number of nitrogens with one attached hydrogen (secondary N) is 1. The fourth-order valence-electron chi connectivity index (χ4n) is 1.26. The molecular weight excluding hydrogens is 208 g/mol. The van der Waals surface area contributed by atoms with E-state index in [1.165, 1.54) is 16.4 Å². The second-order valence-electron chi connectivity index (χ2n) is 4.13. The molecule has 0 aromatic carbocycles. The maximum atomic E-state index is 4.00. The highest BCUT2D eigenvalue weighted by atomic mass is 32.1. The third-order valence-electron chi connectivity index (χ3n) is 2.21. The first-order chi connectivity index (χ1) is 7.09. The van der Waals surface area contributed by atoms with Gasteiger partial charge in [-0.25, -0.2) is 0 Å². The van der Waals surface area contributed by atoms with Crippen LogP contribution in [0.3, 0.4) is 0 Å². The fraction of sp³-hybridized carbons (Fsp3) is 0.800. The molecule has 0 unspecified atom stereocenters. The highest BCUT2D eigenvalue weighted by molar-refractivity contribution is 7.05. The van der Waals surface area contributed by atoms with Gasteiger partial charge in [-0.1, -0.05) is 18.3 Å². The smallest absolute Gasteiger partial charge is 0.0769 e. The van der Waals surface area contributed by atoms with E-state index in [1.54, 1.807) is 0 Å². The van der Waals surface area contributed by atoms with Crippen LogP contribution in [-0.4, -0.2) is 40.7 Å². The van der Waals surface area contributed by atoms with Crippen molar-refractivity contribution in [3.63, 3.8) is 0 Å². The van der Waals surface area contributed by atoms with Gasteiger partial charge >= 0.3 is 0 Å². The Hall–Kier alpha value is -0.520. The first-order valence-electron chi connectivity index (χ1n) is 5.29. The molecule has 4 nitrogen and oxygen atoms in total. The number of likely N-dealkylation sites (N-methyl/N-ethyl adjacent to an activating group) is 1. The van der Waals surface area contributed by atoms with Gasteiger partial charge in [-0.2, -0.15) is 0 Å². The van der Waals surface area contributed by atoms with Crippen LogP contribution in [-0.2, 0) is 6.54 Å². The Morgan fingerprint density at radius 2 is 2.20 bits per heavy atom. The van der Waals surface area contributed by atoms with Crippen molar-refractivity contribution in [3.05, 3.63) is 10.6 Å². The van der Waals surface area contributed by atoms with E-state index in [-0.39, 0.29) is 0 Å². The van der Waals surface area contributed by atoms with Crippen LogP contribution in [0.5, 0.6) is 0 Å². The van der Waals surface area contributed by atoms with Crippen molar-refractivity contribution in [1.29, 1.82) is 0 Å². The Morgan fingerprint density at radius 3 is 2.73 bits per heavy atom. The van der Waals surface area contributed by atoms with Crippen LogP contribution in [0.15, 0.2) is 0 Å². The minimum Gasteiger partial charge on any atom is -0.313 e. The van der Waals surface area contributed by atoms with Crippen LogP contribution in [0.2, 0.25) is 0 Å². The van der Waals surface area contributed by atoms with Crippen molar-refractivity contribution in [3.8, 4) is 0 Å². The molecule has 0 aliphatic heterocycles. The number of rotatable bonds is 6. The van der Waals surface area contributed by atoms with Crippen LogP contribution in [0.4, 0.5) is 0 Å². The number of hydrogen-bond donors (Lipinski definition) is 1. The summed E-state index contributed by atoms with van der Waals surface area (Å²) in [6, 6.07) is 0.560. The molecule has 15 heavy (non-hydrogen) atoms. The molecule has 0 saturated heterocycles. The van der Waals surface area contributed by atoms with Gasteiger partial charge in [-0.3, -0.25) is 4.90 Å². The van der Waals surface area contributed by atoms with E-state index < -0.39 is 0 Å². The zero-order valence-electron chi connectivity index (χ0n) is 9.95. The van der Waals surface area contributed by atoms with E-state index >= 15 is 0 Å². The minimum absolute atomic E-state index is 0.560.